The first-order chi connectivity index (χ1) is 13.8. The van der Waals surface area contributed by atoms with Crippen LogP contribution in [0.15, 0.2) is 86.6 Å². The number of hydrogen-bond acceptors (Lipinski definition) is 4. The number of hydrogen-bond donors (Lipinski definition) is 0. The molecule has 150 valence electrons. The van der Waals surface area contributed by atoms with Crippen LogP contribution >= 0.6 is 31.9 Å². The second kappa shape index (κ2) is 9.11. The van der Waals surface area contributed by atoms with Gasteiger partial charge in [-0.25, -0.2) is 8.42 Å². The van der Waals surface area contributed by atoms with Crippen molar-refractivity contribution in [1.29, 1.82) is 0 Å². The molecule has 0 fully saturated rings. The normalized spacial score (nSPS) is 11.1. The molecule has 0 saturated heterocycles. The van der Waals surface area contributed by atoms with Crippen LogP contribution in [0.2, 0.25) is 0 Å². The number of rotatable bonds is 6. The van der Waals surface area contributed by atoms with E-state index in [4.69, 9.17) is 4.74 Å². The standard InChI is InChI=1S/C21H17Br2NO4S/c1-15-7-10-17(11-8-15)24(29(26,27)18-5-3-2-4-6-18)21(25)14-28-20-12-9-16(22)13-19(20)23/h2-13H,14H2,1H3. The first kappa shape index (κ1) is 21.5. The highest BCUT2D eigenvalue weighted by molar-refractivity contribution is 9.11. The van der Waals surface area contributed by atoms with Gasteiger partial charge in [-0.05, 0) is 65.3 Å². The maximum atomic E-state index is 13.2. The molecular weight excluding hydrogens is 522 g/mol. The number of carbonyl (C=O) groups excluding carboxylic acids is 1. The smallest absolute Gasteiger partial charge is 0.278 e. The zero-order valence-corrected chi connectivity index (χ0v) is 19.4. The summed E-state index contributed by atoms with van der Waals surface area (Å²) in [6.07, 6.45) is 0. The van der Waals surface area contributed by atoms with Gasteiger partial charge in [-0.3, -0.25) is 4.79 Å². The molecule has 0 heterocycles. The lowest BCUT2D eigenvalue weighted by Crippen LogP contribution is -2.40. The summed E-state index contributed by atoms with van der Waals surface area (Å²) in [6.45, 7) is 1.44. The van der Waals surface area contributed by atoms with Crippen LogP contribution in [-0.4, -0.2) is 20.9 Å². The Bertz CT molecular complexity index is 1120. The van der Waals surface area contributed by atoms with Crippen molar-refractivity contribution in [1.82, 2.24) is 0 Å². The molecule has 0 aromatic heterocycles. The summed E-state index contributed by atoms with van der Waals surface area (Å²) in [6, 6.07) is 19.8. The number of ether oxygens (including phenoxy) is 1. The van der Waals surface area contributed by atoms with Gasteiger partial charge in [-0.2, -0.15) is 4.31 Å². The summed E-state index contributed by atoms with van der Waals surface area (Å²) in [7, 11) is -4.10. The lowest BCUT2D eigenvalue weighted by atomic mass is 10.2. The summed E-state index contributed by atoms with van der Waals surface area (Å²) >= 11 is 6.71. The molecule has 0 radical (unpaired) electrons. The minimum atomic E-state index is -4.10. The molecule has 8 heteroatoms. The molecule has 0 atom stereocenters. The predicted octanol–water partition coefficient (Wildman–Crippen LogP) is 5.32. The molecule has 0 aliphatic heterocycles. The van der Waals surface area contributed by atoms with Crippen molar-refractivity contribution in [2.45, 2.75) is 11.8 Å². The Hall–Kier alpha value is -2.16. The zero-order valence-electron chi connectivity index (χ0n) is 15.4. The molecule has 0 bridgehead atoms. The maximum Gasteiger partial charge on any atom is 0.278 e. The average molecular weight is 539 g/mol. The summed E-state index contributed by atoms with van der Waals surface area (Å²) < 4.78 is 34.3. The molecule has 29 heavy (non-hydrogen) atoms. The van der Waals surface area contributed by atoms with Gasteiger partial charge >= 0.3 is 0 Å². The average Bonchev–Trinajstić information content (AvgIpc) is 2.69. The molecule has 3 rings (SSSR count). The number of halogens is 2. The molecule has 3 aromatic rings. The van der Waals surface area contributed by atoms with Crippen LogP contribution in [0.25, 0.3) is 0 Å². The van der Waals surface area contributed by atoms with Gasteiger partial charge in [0, 0.05) is 4.47 Å². The first-order valence-corrected chi connectivity index (χ1v) is 11.6. The van der Waals surface area contributed by atoms with E-state index in [0.717, 1.165) is 14.3 Å². The minimum absolute atomic E-state index is 0.0266. The Balaban J connectivity index is 1.94. The summed E-state index contributed by atoms with van der Waals surface area (Å²) in [5.74, 6) is -0.268. The van der Waals surface area contributed by atoms with Crippen LogP contribution in [0.5, 0.6) is 5.75 Å². The number of aryl methyl sites for hydroxylation is 1. The monoisotopic (exact) mass is 537 g/mol. The van der Waals surface area contributed by atoms with Crippen LogP contribution < -0.4 is 9.04 Å². The van der Waals surface area contributed by atoms with Gasteiger partial charge in [0.25, 0.3) is 15.9 Å². The molecular formula is C21H17Br2NO4S. The largest absolute Gasteiger partial charge is 0.483 e. The maximum absolute atomic E-state index is 13.2. The van der Waals surface area contributed by atoms with E-state index in [9.17, 15) is 13.2 Å². The van der Waals surface area contributed by atoms with Gasteiger partial charge in [0.1, 0.15) is 5.75 Å². The molecule has 0 saturated carbocycles. The predicted molar refractivity (Wildman–Crippen MR) is 120 cm³/mol. The third kappa shape index (κ3) is 5.07. The van der Waals surface area contributed by atoms with Crippen LogP contribution in [-0.2, 0) is 14.8 Å². The van der Waals surface area contributed by atoms with Gasteiger partial charge < -0.3 is 4.74 Å². The Morgan fingerprint density at radius 2 is 1.62 bits per heavy atom. The van der Waals surface area contributed by atoms with E-state index in [0.29, 0.717) is 10.2 Å². The number of amides is 1. The fourth-order valence-electron chi connectivity index (χ4n) is 2.59. The molecule has 0 aliphatic carbocycles. The SMILES string of the molecule is Cc1ccc(N(C(=O)COc2ccc(Br)cc2Br)S(=O)(=O)c2ccccc2)cc1. The van der Waals surface area contributed by atoms with Crippen molar-refractivity contribution in [3.8, 4) is 5.75 Å². The highest BCUT2D eigenvalue weighted by atomic mass is 79.9. The number of benzene rings is 3. The molecule has 0 N–H and O–H groups in total. The molecule has 5 nitrogen and oxygen atoms in total. The van der Waals surface area contributed by atoms with Gasteiger partial charge in [0.2, 0.25) is 0 Å². The summed E-state index contributed by atoms with van der Waals surface area (Å²) in [5, 5.41) is 0. The minimum Gasteiger partial charge on any atom is -0.483 e. The highest BCUT2D eigenvalue weighted by Crippen LogP contribution is 2.29. The third-order valence-electron chi connectivity index (χ3n) is 4.02. The Labute approximate surface area is 186 Å². The number of anilines is 1. The Morgan fingerprint density at radius 3 is 2.24 bits per heavy atom. The van der Waals surface area contributed by atoms with Crippen molar-refractivity contribution >= 4 is 53.5 Å². The Morgan fingerprint density at radius 1 is 0.966 bits per heavy atom. The quantitative estimate of drug-likeness (QED) is 0.426. The molecule has 0 spiro atoms. The van der Waals surface area contributed by atoms with Crippen LogP contribution in [0.4, 0.5) is 5.69 Å². The van der Waals surface area contributed by atoms with E-state index in [1.807, 2.05) is 6.92 Å². The van der Waals surface area contributed by atoms with Crippen molar-refractivity contribution in [2.24, 2.45) is 0 Å². The van der Waals surface area contributed by atoms with Crippen molar-refractivity contribution in [2.75, 3.05) is 10.9 Å². The van der Waals surface area contributed by atoms with E-state index in [-0.39, 0.29) is 10.6 Å². The Kier molecular flexibility index (Phi) is 6.77. The topological polar surface area (TPSA) is 63.7 Å². The first-order valence-electron chi connectivity index (χ1n) is 8.57. The summed E-state index contributed by atoms with van der Waals surface area (Å²) in [4.78, 5) is 13.0. The van der Waals surface area contributed by atoms with Crippen molar-refractivity contribution < 1.29 is 17.9 Å². The third-order valence-corrected chi connectivity index (χ3v) is 6.90. The van der Waals surface area contributed by atoms with Gasteiger partial charge in [-0.15, -0.1) is 0 Å². The second-order valence-corrected chi connectivity index (χ2v) is 9.73. The lowest BCUT2D eigenvalue weighted by Gasteiger charge is -2.23. The molecule has 0 aliphatic rings. The van der Waals surface area contributed by atoms with Gasteiger partial charge in [0.05, 0.1) is 15.1 Å². The number of carbonyl (C=O) groups is 1. The van der Waals surface area contributed by atoms with Gasteiger partial charge in [0.15, 0.2) is 6.61 Å². The zero-order chi connectivity index (χ0) is 21.0. The fourth-order valence-corrected chi connectivity index (χ4v) is 5.18. The van der Waals surface area contributed by atoms with E-state index >= 15 is 0 Å². The lowest BCUT2D eigenvalue weighted by molar-refractivity contribution is -0.119. The van der Waals surface area contributed by atoms with Crippen molar-refractivity contribution in [3.05, 3.63) is 87.3 Å². The van der Waals surface area contributed by atoms with Crippen LogP contribution in [0.3, 0.4) is 0 Å². The van der Waals surface area contributed by atoms with E-state index in [2.05, 4.69) is 31.9 Å². The number of sulfonamides is 1. The van der Waals surface area contributed by atoms with Crippen LogP contribution in [0, 0.1) is 6.92 Å². The van der Waals surface area contributed by atoms with Crippen LogP contribution in [0.1, 0.15) is 5.56 Å². The fraction of sp³-hybridized carbons (Fsp3) is 0.0952. The molecule has 1 amide bonds. The van der Waals surface area contributed by atoms with E-state index < -0.39 is 22.5 Å². The van der Waals surface area contributed by atoms with E-state index in [1.54, 1.807) is 60.7 Å². The molecule has 3 aromatic carbocycles. The second-order valence-electron chi connectivity index (χ2n) is 6.18. The summed E-state index contributed by atoms with van der Waals surface area (Å²) in [5.41, 5.74) is 1.20. The molecule has 0 unspecified atom stereocenters. The highest BCUT2D eigenvalue weighted by Gasteiger charge is 2.31. The van der Waals surface area contributed by atoms with Gasteiger partial charge in [-0.1, -0.05) is 51.8 Å². The number of nitrogens with zero attached hydrogens (tertiary/aromatic N) is 1. The van der Waals surface area contributed by atoms with E-state index in [1.165, 1.54) is 12.1 Å². The van der Waals surface area contributed by atoms with Crippen molar-refractivity contribution in [3.63, 3.8) is 0 Å².